The van der Waals surface area contributed by atoms with Crippen LogP contribution in [0.1, 0.15) is 0 Å². The molecule has 0 aliphatic carbocycles. The zero-order valence-corrected chi connectivity index (χ0v) is 7.83. The van der Waals surface area contributed by atoms with Crippen molar-refractivity contribution in [2.24, 2.45) is 4.99 Å². The number of hydrogen-bond donors (Lipinski definition) is 1. The Morgan fingerprint density at radius 1 is 1.54 bits per heavy atom. The molecule has 0 aromatic heterocycles. The zero-order valence-electron chi connectivity index (χ0n) is 6.25. The van der Waals surface area contributed by atoms with Gasteiger partial charge in [-0.3, -0.25) is 0 Å². The number of allylic oxidation sites excluding steroid dienone is 1. The Morgan fingerprint density at radius 2 is 2.31 bits per heavy atom. The lowest BCUT2D eigenvalue weighted by molar-refractivity contribution is 0.255. The monoisotopic (exact) mass is 220 g/mol. The van der Waals surface area contributed by atoms with Gasteiger partial charge in [0, 0.05) is 23.1 Å². The maximum atomic E-state index is 10.9. The Labute approximate surface area is 79.3 Å². The van der Waals surface area contributed by atoms with Gasteiger partial charge in [0.1, 0.15) is 0 Å². The van der Waals surface area contributed by atoms with Crippen molar-refractivity contribution in [2.45, 2.75) is 0 Å². The van der Waals surface area contributed by atoms with E-state index in [2.05, 4.69) is 10.5 Å². The normalized spacial score (nSPS) is 20.5. The summed E-state index contributed by atoms with van der Waals surface area (Å²) in [7, 11) is 1.30. The third-order valence-corrected chi connectivity index (χ3v) is 2.55. The Morgan fingerprint density at radius 3 is 2.92 bits per heavy atom. The van der Waals surface area contributed by atoms with Gasteiger partial charge >= 0.3 is 9.24 Å². The molecular weight excluding hydrogens is 216 g/mol. The first kappa shape index (κ1) is 8.54. The van der Waals surface area contributed by atoms with Gasteiger partial charge in [0.15, 0.2) is 5.82 Å². The van der Waals surface area contributed by atoms with Gasteiger partial charge in [0.2, 0.25) is 0 Å². The number of aliphatic imine (C=N–C) groups is 1. The number of nitrogens with zero attached hydrogens (tertiary/aromatic N) is 3. The predicted octanol–water partition coefficient (Wildman–Crippen LogP) is -0.0958. The fourth-order valence-electron chi connectivity index (χ4n) is 0.914. The highest BCUT2D eigenvalue weighted by molar-refractivity contribution is 8.11. The molecule has 6 nitrogen and oxygen atoms in total. The Hall–Kier alpha value is -1.05. The summed E-state index contributed by atoms with van der Waals surface area (Å²) in [5, 5.41) is 1.43. The van der Waals surface area contributed by atoms with Gasteiger partial charge in [-0.05, 0) is 6.08 Å². The second-order valence-corrected chi connectivity index (χ2v) is 4.70. The molecule has 2 aliphatic heterocycles. The molecule has 70 valence electrons. The summed E-state index contributed by atoms with van der Waals surface area (Å²) in [4.78, 5) is 3.90. The highest BCUT2D eigenvalue weighted by Crippen LogP contribution is 2.18. The van der Waals surface area contributed by atoms with E-state index in [9.17, 15) is 8.42 Å². The molecule has 0 aromatic rings. The van der Waals surface area contributed by atoms with Crippen molar-refractivity contribution in [3.05, 3.63) is 24.3 Å². The van der Waals surface area contributed by atoms with Crippen LogP contribution in [-0.4, -0.2) is 24.1 Å². The fourth-order valence-corrected chi connectivity index (χ4v) is 1.53. The van der Waals surface area contributed by atoms with Crippen LogP contribution >= 0.6 is 10.7 Å². The molecule has 0 saturated heterocycles. The first-order chi connectivity index (χ1) is 6.07. The summed E-state index contributed by atoms with van der Waals surface area (Å²) in [5.74, 6) is 0.465. The lowest BCUT2D eigenvalue weighted by Crippen LogP contribution is -2.39. The molecule has 0 aromatic carbocycles. The lowest BCUT2D eigenvalue weighted by atomic mass is 10.5. The van der Waals surface area contributed by atoms with Crippen LogP contribution in [0, 0.1) is 0 Å². The highest BCUT2D eigenvalue weighted by Gasteiger charge is 2.26. The number of nitrogens with one attached hydrogen (secondary N) is 1. The van der Waals surface area contributed by atoms with Crippen molar-refractivity contribution in [1.29, 1.82) is 0 Å². The molecule has 0 saturated carbocycles. The number of hydrazine groups is 2. The van der Waals surface area contributed by atoms with Crippen LogP contribution in [0.25, 0.3) is 0 Å². The summed E-state index contributed by atoms with van der Waals surface area (Å²) < 4.78 is 22.5. The van der Waals surface area contributed by atoms with E-state index >= 15 is 0 Å². The summed E-state index contributed by atoms with van der Waals surface area (Å²) >= 11 is 0. The van der Waals surface area contributed by atoms with Crippen LogP contribution in [0.15, 0.2) is 29.3 Å². The van der Waals surface area contributed by atoms with Gasteiger partial charge < -0.3 is 0 Å². The SMILES string of the molecule is O=S(=O)(Cl)N1C=C2N=CC=CN2N1. The minimum atomic E-state index is -3.79. The van der Waals surface area contributed by atoms with Crippen LogP contribution in [0.4, 0.5) is 0 Å². The predicted molar refractivity (Wildman–Crippen MR) is 47.3 cm³/mol. The summed E-state index contributed by atoms with van der Waals surface area (Å²) in [6.45, 7) is 0. The smallest absolute Gasteiger partial charge is 0.247 e. The van der Waals surface area contributed by atoms with Crippen molar-refractivity contribution >= 4 is 26.1 Å². The number of rotatable bonds is 1. The van der Waals surface area contributed by atoms with Crippen molar-refractivity contribution in [2.75, 3.05) is 0 Å². The molecule has 1 N–H and O–H groups in total. The van der Waals surface area contributed by atoms with Crippen LogP contribution < -0.4 is 5.53 Å². The van der Waals surface area contributed by atoms with E-state index in [0.717, 1.165) is 4.41 Å². The van der Waals surface area contributed by atoms with Crippen molar-refractivity contribution in [3.63, 3.8) is 0 Å². The quantitative estimate of drug-likeness (QED) is 0.627. The van der Waals surface area contributed by atoms with Crippen LogP contribution in [-0.2, 0) is 9.24 Å². The molecule has 2 heterocycles. The molecule has 8 heteroatoms. The van der Waals surface area contributed by atoms with Crippen molar-refractivity contribution < 1.29 is 8.42 Å². The largest absolute Gasteiger partial charge is 0.336 e. The minimum Gasteiger partial charge on any atom is -0.247 e. The van der Waals surface area contributed by atoms with E-state index in [1.165, 1.54) is 11.2 Å². The van der Waals surface area contributed by atoms with E-state index in [1.807, 2.05) is 0 Å². The molecule has 0 bridgehead atoms. The number of hydrogen-bond acceptors (Lipinski definition) is 5. The molecule has 0 atom stereocenters. The Kier molecular flexibility index (Phi) is 1.79. The number of halogens is 1. The average molecular weight is 221 g/mol. The van der Waals surface area contributed by atoms with E-state index in [-0.39, 0.29) is 0 Å². The van der Waals surface area contributed by atoms with E-state index < -0.39 is 9.24 Å². The third kappa shape index (κ3) is 1.53. The second-order valence-electron chi connectivity index (χ2n) is 2.31. The molecule has 0 spiro atoms. The van der Waals surface area contributed by atoms with E-state index in [4.69, 9.17) is 10.7 Å². The first-order valence-electron chi connectivity index (χ1n) is 3.29. The Balaban J connectivity index is 2.31. The third-order valence-electron chi connectivity index (χ3n) is 1.45. The molecule has 0 radical (unpaired) electrons. The van der Waals surface area contributed by atoms with Gasteiger partial charge in [-0.2, -0.15) is 12.8 Å². The fraction of sp³-hybridized carbons (Fsp3) is 0. The number of fused-ring (bicyclic) bond motifs is 1. The first-order valence-corrected chi connectivity index (χ1v) is 5.56. The standard InChI is InChI=1S/C5H5ClN4O2S/c6-13(11,12)10-4-5-7-2-1-3-9(5)8-10/h1-4,8H. The van der Waals surface area contributed by atoms with Crippen LogP contribution in [0.3, 0.4) is 0 Å². The van der Waals surface area contributed by atoms with Gasteiger partial charge in [-0.25, -0.2) is 10.0 Å². The van der Waals surface area contributed by atoms with Crippen molar-refractivity contribution in [3.8, 4) is 0 Å². The molecule has 2 rings (SSSR count). The summed E-state index contributed by atoms with van der Waals surface area (Å²) in [6, 6.07) is 0. The molecular formula is C5H5ClN4O2S. The van der Waals surface area contributed by atoms with Crippen molar-refractivity contribution in [1.82, 2.24) is 15.0 Å². The molecule has 13 heavy (non-hydrogen) atoms. The van der Waals surface area contributed by atoms with Gasteiger partial charge in [-0.1, -0.05) is 0 Å². The van der Waals surface area contributed by atoms with Gasteiger partial charge in [0.25, 0.3) is 0 Å². The van der Waals surface area contributed by atoms with E-state index in [1.54, 1.807) is 18.5 Å². The van der Waals surface area contributed by atoms with E-state index in [0.29, 0.717) is 5.82 Å². The Bertz CT molecular complexity index is 412. The van der Waals surface area contributed by atoms with Crippen LogP contribution in [0.2, 0.25) is 0 Å². The molecule has 2 aliphatic rings. The average Bonchev–Trinajstić information content (AvgIpc) is 2.45. The maximum Gasteiger partial charge on any atom is 0.336 e. The molecule has 0 fully saturated rings. The van der Waals surface area contributed by atoms with Gasteiger partial charge in [-0.15, -0.1) is 5.53 Å². The maximum absolute atomic E-state index is 10.9. The van der Waals surface area contributed by atoms with Gasteiger partial charge in [0.05, 0.1) is 6.20 Å². The van der Waals surface area contributed by atoms with Crippen LogP contribution in [0.5, 0.6) is 0 Å². The minimum absolute atomic E-state index is 0.465. The summed E-state index contributed by atoms with van der Waals surface area (Å²) in [6.07, 6.45) is 6.12. The highest BCUT2D eigenvalue weighted by atomic mass is 35.7. The second kappa shape index (κ2) is 2.72. The topological polar surface area (TPSA) is 65.0 Å². The molecule has 0 amide bonds. The summed E-state index contributed by atoms with van der Waals surface area (Å²) in [5.41, 5.74) is 2.49. The molecule has 0 unspecified atom stereocenters. The lowest BCUT2D eigenvalue weighted by Gasteiger charge is -2.18. The zero-order chi connectivity index (χ0) is 9.47.